The van der Waals surface area contributed by atoms with Crippen molar-refractivity contribution >= 4 is 40.8 Å². The van der Waals surface area contributed by atoms with Gasteiger partial charge in [0.05, 0.1) is 5.69 Å². The molecule has 13 heteroatoms. The van der Waals surface area contributed by atoms with Crippen LogP contribution in [0.4, 0.5) is 14.6 Å². The van der Waals surface area contributed by atoms with E-state index in [0.29, 0.717) is 29.8 Å². The predicted molar refractivity (Wildman–Crippen MR) is 138 cm³/mol. The highest BCUT2D eigenvalue weighted by atomic mass is 35.5. The number of rotatable bonds is 11. The normalized spacial score (nSPS) is 12.4. The van der Waals surface area contributed by atoms with E-state index in [2.05, 4.69) is 30.9 Å². The van der Waals surface area contributed by atoms with Gasteiger partial charge in [-0.2, -0.15) is 10.2 Å². The summed E-state index contributed by atoms with van der Waals surface area (Å²) in [6.07, 6.45) is -0.338. The Morgan fingerprint density at radius 1 is 1.14 bits per heavy atom. The highest BCUT2D eigenvalue weighted by Crippen LogP contribution is 2.34. The second kappa shape index (κ2) is 12.5. The van der Waals surface area contributed by atoms with Gasteiger partial charge in [-0.15, -0.1) is 23.2 Å². The van der Waals surface area contributed by atoms with Crippen LogP contribution in [-0.4, -0.2) is 47.7 Å². The molecule has 3 aromatic rings. The zero-order valence-corrected chi connectivity index (χ0v) is 22.4. The van der Waals surface area contributed by atoms with E-state index < -0.39 is 34.8 Å². The highest BCUT2D eigenvalue weighted by molar-refractivity contribution is 6.44. The van der Waals surface area contributed by atoms with Crippen molar-refractivity contribution in [1.29, 1.82) is 0 Å². The Labute approximate surface area is 223 Å². The Hall–Kier alpha value is -3.05. The molecule has 1 atom stereocenters. The third-order valence-corrected chi connectivity index (χ3v) is 6.15. The summed E-state index contributed by atoms with van der Waals surface area (Å²) in [5, 5.41) is 16.2. The molecule has 0 fully saturated rings. The van der Waals surface area contributed by atoms with Crippen LogP contribution in [0.2, 0.25) is 0 Å². The second-order valence-electron chi connectivity index (χ2n) is 8.83. The van der Waals surface area contributed by atoms with E-state index in [9.17, 15) is 18.4 Å². The number of halogens is 4. The van der Waals surface area contributed by atoms with Crippen LogP contribution in [0.25, 0.3) is 11.1 Å². The van der Waals surface area contributed by atoms with Crippen molar-refractivity contribution < 1.29 is 18.4 Å². The number of aromatic amines is 1. The average Bonchev–Trinajstić information content (AvgIpc) is 3.45. The monoisotopic (exact) mass is 555 g/mol. The maximum Gasteiger partial charge on any atom is 0.281 e. The molecule has 3 N–H and O–H groups in total. The Balaban J connectivity index is 1.84. The molecule has 3 aromatic heterocycles. The van der Waals surface area contributed by atoms with Crippen molar-refractivity contribution in [1.82, 2.24) is 30.3 Å². The quantitative estimate of drug-likeness (QED) is 0.269. The fourth-order valence-electron chi connectivity index (χ4n) is 3.97. The molecule has 2 amide bonds. The first-order valence-electron chi connectivity index (χ1n) is 11.7. The van der Waals surface area contributed by atoms with Crippen molar-refractivity contribution in [2.45, 2.75) is 70.3 Å². The lowest BCUT2D eigenvalue weighted by Crippen LogP contribution is -2.44. The van der Waals surface area contributed by atoms with Gasteiger partial charge in [0.25, 0.3) is 12.3 Å². The van der Waals surface area contributed by atoms with Crippen LogP contribution in [0.3, 0.4) is 0 Å². The molecule has 9 nitrogen and oxygen atoms in total. The molecule has 37 heavy (non-hydrogen) atoms. The van der Waals surface area contributed by atoms with E-state index in [1.54, 1.807) is 19.9 Å². The molecule has 0 radical (unpaired) electrons. The number of amides is 2. The van der Waals surface area contributed by atoms with Crippen LogP contribution >= 0.6 is 23.2 Å². The molecule has 0 saturated carbocycles. The van der Waals surface area contributed by atoms with Gasteiger partial charge in [-0.1, -0.05) is 0 Å². The van der Waals surface area contributed by atoms with Gasteiger partial charge in [0.15, 0.2) is 0 Å². The summed E-state index contributed by atoms with van der Waals surface area (Å²) in [5.74, 6) is -1.18. The number of anilines is 1. The van der Waals surface area contributed by atoms with Crippen LogP contribution in [-0.2, 0) is 4.79 Å². The van der Waals surface area contributed by atoms with Crippen LogP contribution < -0.4 is 10.6 Å². The van der Waals surface area contributed by atoms with E-state index in [-0.39, 0.29) is 29.5 Å². The number of H-pyrrole nitrogens is 1. The number of aryl methyl sites for hydroxylation is 2. The molecule has 0 aliphatic rings. The number of hydrogen-bond donors (Lipinski definition) is 3. The second-order valence-corrected chi connectivity index (χ2v) is 10.1. The maximum atomic E-state index is 13.9. The molecule has 3 heterocycles. The average molecular weight is 556 g/mol. The molecule has 3 rings (SSSR count). The number of hydrogen-bond acceptors (Lipinski definition) is 5. The molecule has 0 aliphatic carbocycles. The van der Waals surface area contributed by atoms with Crippen LogP contribution in [0.5, 0.6) is 0 Å². The first-order chi connectivity index (χ1) is 17.5. The standard InChI is InChI=1S/C24H29Cl2F2N7O2/c1-12(2)35-17(10-11-29-35)24(37)30-16(6-5-7-18(25)26)23(36)32-19-9-8-15(21(31-19)22(27)28)20-13(3)33-34-14(20)4/h8-12,16,18,22H,5-7H2,1-4H3,(H,30,37)(H,33,34)(H,31,32,36)/t16-/m0/s1. The molecule has 0 unspecified atom stereocenters. The summed E-state index contributed by atoms with van der Waals surface area (Å²) >= 11 is 11.6. The molecular weight excluding hydrogens is 527 g/mol. The fourth-order valence-corrected chi connectivity index (χ4v) is 4.27. The number of alkyl halides is 4. The van der Waals surface area contributed by atoms with Gasteiger partial charge in [0, 0.05) is 29.1 Å². The number of nitrogens with zero attached hydrogens (tertiary/aromatic N) is 4. The molecule has 0 bridgehead atoms. The highest BCUT2D eigenvalue weighted by Gasteiger charge is 2.26. The van der Waals surface area contributed by atoms with Gasteiger partial charge in [0.1, 0.15) is 28.1 Å². The Morgan fingerprint density at radius 2 is 1.86 bits per heavy atom. The largest absolute Gasteiger partial charge is 0.339 e. The van der Waals surface area contributed by atoms with Gasteiger partial charge in [-0.05, 0) is 65.2 Å². The Kier molecular flexibility index (Phi) is 9.61. The molecule has 0 aromatic carbocycles. The number of carbonyl (C=O) groups is 2. The van der Waals surface area contributed by atoms with Gasteiger partial charge in [-0.25, -0.2) is 13.8 Å². The Morgan fingerprint density at radius 3 is 2.46 bits per heavy atom. The zero-order chi connectivity index (χ0) is 27.3. The number of nitrogens with one attached hydrogen (secondary N) is 3. The molecule has 0 aliphatic heterocycles. The Bertz CT molecular complexity index is 1220. The van der Waals surface area contributed by atoms with E-state index in [4.69, 9.17) is 23.2 Å². The predicted octanol–water partition coefficient (Wildman–Crippen LogP) is 5.51. The third kappa shape index (κ3) is 7.04. The van der Waals surface area contributed by atoms with E-state index in [0.717, 1.165) is 0 Å². The minimum absolute atomic E-state index is 0.0677. The van der Waals surface area contributed by atoms with E-state index >= 15 is 0 Å². The molecule has 200 valence electrons. The topological polar surface area (TPSA) is 118 Å². The van der Waals surface area contributed by atoms with Crippen LogP contribution in [0.1, 0.15) is 73.1 Å². The molecule has 0 saturated heterocycles. The lowest BCUT2D eigenvalue weighted by atomic mass is 10.0. The number of aromatic nitrogens is 5. The van der Waals surface area contributed by atoms with Crippen LogP contribution in [0, 0.1) is 13.8 Å². The third-order valence-electron chi connectivity index (χ3n) is 5.71. The first kappa shape index (κ1) is 28.5. The SMILES string of the molecule is Cc1n[nH]c(C)c1-c1ccc(NC(=O)[C@H](CCCC(Cl)Cl)NC(=O)c2ccnn2C(C)C)nc1C(F)F. The molecular formula is C24H29Cl2F2N7O2. The smallest absolute Gasteiger partial charge is 0.281 e. The van der Waals surface area contributed by atoms with E-state index in [1.165, 1.54) is 23.0 Å². The van der Waals surface area contributed by atoms with Crippen LogP contribution in [0.15, 0.2) is 24.4 Å². The van der Waals surface area contributed by atoms with Crippen molar-refractivity contribution in [2.24, 2.45) is 0 Å². The lowest BCUT2D eigenvalue weighted by Gasteiger charge is -2.20. The zero-order valence-electron chi connectivity index (χ0n) is 20.9. The minimum Gasteiger partial charge on any atom is -0.339 e. The summed E-state index contributed by atoms with van der Waals surface area (Å²) < 4.78 is 29.4. The van der Waals surface area contributed by atoms with Gasteiger partial charge in [-0.3, -0.25) is 19.4 Å². The van der Waals surface area contributed by atoms with Crippen molar-refractivity contribution in [3.8, 4) is 11.1 Å². The van der Waals surface area contributed by atoms with Gasteiger partial charge in [0.2, 0.25) is 5.91 Å². The lowest BCUT2D eigenvalue weighted by molar-refractivity contribution is -0.118. The molecule has 0 spiro atoms. The summed E-state index contributed by atoms with van der Waals surface area (Å²) in [6.45, 7) is 7.18. The van der Waals surface area contributed by atoms with Crippen molar-refractivity contribution in [3.63, 3.8) is 0 Å². The van der Waals surface area contributed by atoms with Gasteiger partial charge < -0.3 is 10.6 Å². The summed E-state index contributed by atoms with van der Waals surface area (Å²) in [7, 11) is 0. The minimum atomic E-state index is -2.89. The summed E-state index contributed by atoms with van der Waals surface area (Å²) in [5.41, 5.74) is 1.73. The number of carbonyl (C=O) groups excluding carboxylic acids is 2. The first-order valence-corrected chi connectivity index (χ1v) is 12.6. The van der Waals surface area contributed by atoms with Crippen molar-refractivity contribution in [3.05, 3.63) is 47.2 Å². The van der Waals surface area contributed by atoms with E-state index in [1.807, 2.05) is 13.8 Å². The summed E-state index contributed by atoms with van der Waals surface area (Å²) in [6, 6.07) is 3.38. The number of pyridine rings is 1. The summed E-state index contributed by atoms with van der Waals surface area (Å²) in [4.78, 5) is 29.5. The fraction of sp³-hybridized carbons (Fsp3) is 0.458. The van der Waals surface area contributed by atoms with Gasteiger partial charge >= 0.3 is 0 Å². The van der Waals surface area contributed by atoms with Crippen molar-refractivity contribution in [2.75, 3.05) is 5.32 Å². The maximum absolute atomic E-state index is 13.9.